The van der Waals surface area contributed by atoms with Crippen molar-refractivity contribution in [1.29, 1.82) is 0 Å². The number of Topliss-reactive ketones (excluding diaryl/α,β-unsaturated/α-hetero) is 1. The fourth-order valence-corrected chi connectivity index (χ4v) is 4.17. The molecular formula is C19H22ClN5O3S. The largest absolute Gasteiger partial charge is 0.474 e. The van der Waals surface area contributed by atoms with Gasteiger partial charge in [0.2, 0.25) is 5.88 Å². The van der Waals surface area contributed by atoms with Crippen LogP contribution in [-0.2, 0) is 16.7 Å². The molecule has 3 heterocycles. The first-order chi connectivity index (χ1) is 13.9. The van der Waals surface area contributed by atoms with Crippen molar-refractivity contribution >= 4 is 34.3 Å². The summed E-state index contributed by atoms with van der Waals surface area (Å²) in [6.45, 7) is 2.78. The van der Waals surface area contributed by atoms with Gasteiger partial charge in [-0.15, -0.1) is 0 Å². The number of carbonyl (C=O) groups is 1. The van der Waals surface area contributed by atoms with Crippen LogP contribution < -0.4 is 10.5 Å². The lowest BCUT2D eigenvalue weighted by molar-refractivity contribution is 0.0987. The molecule has 0 saturated heterocycles. The van der Waals surface area contributed by atoms with E-state index in [4.69, 9.17) is 26.8 Å². The summed E-state index contributed by atoms with van der Waals surface area (Å²) < 4.78 is 10.3. The van der Waals surface area contributed by atoms with Crippen LogP contribution in [0.15, 0.2) is 29.6 Å². The zero-order valence-corrected chi connectivity index (χ0v) is 17.8. The SMILES string of the molecule is COCCOc1cnc(C(=O)Cc2cnc(Cl)c([C@]3(C)CCSC(N)=N3)c2)cn1. The van der Waals surface area contributed by atoms with Gasteiger partial charge in [0, 0.05) is 31.0 Å². The molecule has 0 spiro atoms. The number of amidine groups is 1. The van der Waals surface area contributed by atoms with Gasteiger partial charge in [0.05, 0.1) is 24.5 Å². The maximum absolute atomic E-state index is 12.6. The van der Waals surface area contributed by atoms with Crippen LogP contribution in [0.1, 0.15) is 35.0 Å². The number of aliphatic imine (C=N–C) groups is 1. The topological polar surface area (TPSA) is 113 Å². The Kier molecular flexibility index (Phi) is 7.05. The van der Waals surface area contributed by atoms with E-state index in [-0.39, 0.29) is 17.9 Å². The molecule has 0 radical (unpaired) electrons. The minimum absolute atomic E-state index is 0.125. The van der Waals surface area contributed by atoms with Crippen molar-refractivity contribution in [3.63, 3.8) is 0 Å². The van der Waals surface area contributed by atoms with Crippen molar-refractivity contribution in [2.75, 3.05) is 26.1 Å². The van der Waals surface area contributed by atoms with Crippen LogP contribution in [0.2, 0.25) is 5.15 Å². The van der Waals surface area contributed by atoms with Crippen LogP contribution in [0.25, 0.3) is 0 Å². The van der Waals surface area contributed by atoms with Crippen molar-refractivity contribution < 1.29 is 14.3 Å². The number of ether oxygens (including phenoxy) is 2. The second kappa shape index (κ2) is 9.51. The average molecular weight is 436 g/mol. The molecule has 29 heavy (non-hydrogen) atoms. The summed E-state index contributed by atoms with van der Waals surface area (Å²) >= 11 is 7.85. The van der Waals surface area contributed by atoms with Crippen LogP contribution in [0.4, 0.5) is 0 Å². The van der Waals surface area contributed by atoms with Gasteiger partial charge < -0.3 is 15.2 Å². The number of hydrogen-bond donors (Lipinski definition) is 1. The van der Waals surface area contributed by atoms with Gasteiger partial charge in [-0.3, -0.25) is 9.79 Å². The standard InChI is InChI=1S/C19H22ClN5O3S/c1-19(3-6-29-18(21)25-19)13-7-12(9-24-17(13)20)8-15(26)14-10-23-16(11-22-14)28-5-4-27-2/h7,9-11H,3-6,8H2,1-2H3,(H2,21,25)/t19-/m0/s1. The summed E-state index contributed by atoms with van der Waals surface area (Å²) in [5.41, 5.74) is 7.09. The average Bonchev–Trinajstić information content (AvgIpc) is 2.70. The zero-order valence-electron chi connectivity index (χ0n) is 16.2. The third-order valence-electron chi connectivity index (χ3n) is 4.49. The minimum atomic E-state index is -0.556. The number of halogens is 1. The number of carbonyl (C=O) groups excluding carboxylic acids is 1. The number of rotatable bonds is 8. The number of thioether (sulfide) groups is 1. The maximum atomic E-state index is 12.6. The molecule has 1 aliphatic heterocycles. The third kappa shape index (κ3) is 5.43. The van der Waals surface area contributed by atoms with E-state index in [1.807, 2.05) is 13.0 Å². The Morgan fingerprint density at radius 2 is 2.10 bits per heavy atom. The van der Waals surface area contributed by atoms with E-state index in [2.05, 4.69) is 19.9 Å². The van der Waals surface area contributed by atoms with E-state index < -0.39 is 5.54 Å². The molecule has 2 aromatic heterocycles. The van der Waals surface area contributed by atoms with Crippen molar-refractivity contribution in [2.24, 2.45) is 10.7 Å². The molecule has 8 nitrogen and oxygen atoms in total. The van der Waals surface area contributed by atoms with E-state index in [9.17, 15) is 4.79 Å². The molecule has 0 amide bonds. The summed E-state index contributed by atoms with van der Waals surface area (Å²) in [6.07, 6.45) is 5.33. The second-order valence-electron chi connectivity index (χ2n) is 6.69. The molecular weight excluding hydrogens is 414 g/mol. The monoisotopic (exact) mass is 435 g/mol. The maximum Gasteiger partial charge on any atom is 0.232 e. The van der Waals surface area contributed by atoms with Gasteiger partial charge in [0.25, 0.3) is 0 Å². The minimum Gasteiger partial charge on any atom is -0.474 e. The highest BCUT2D eigenvalue weighted by molar-refractivity contribution is 8.13. The molecule has 2 N–H and O–H groups in total. The van der Waals surface area contributed by atoms with Crippen molar-refractivity contribution in [1.82, 2.24) is 15.0 Å². The van der Waals surface area contributed by atoms with Gasteiger partial charge in [-0.05, 0) is 25.0 Å². The molecule has 10 heteroatoms. The number of nitrogens with zero attached hydrogens (tertiary/aromatic N) is 4. The van der Waals surface area contributed by atoms with E-state index >= 15 is 0 Å². The Morgan fingerprint density at radius 3 is 2.79 bits per heavy atom. The molecule has 1 aliphatic rings. The summed E-state index contributed by atoms with van der Waals surface area (Å²) in [6, 6.07) is 1.87. The van der Waals surface area contributed by atoms with Crippen LogP contribution in [0.5, 0.6) is 5.88 Å². The number of aromatic nitrogens is 3. The quantitative estimate of drug-likeness (QED) is 0.382. The van der Waals surface area contributed by atoms with E-state index in [1.54, 1.807) is 13.3 Å². The Labute approximate surface area is 178 Å². The normalized spacial score (nSPS) is 18.9. The lowest BCUT2D eigenvalue weighted by atomic mass is 9.89. The van der Waals surface area contributed by atoms with Crippen molar-refractivity contribution in [3.8, 4) is 5.88 Å². The van der Waals surface area contributed by atoms with E-state index in [1.165, 1.54) is 24.2 Å². The van der Waals surface area contributed by atoms with Crippen molar-refractivity contribution in [3.05, 3.63) is 46.6 Å². The smallest absolute Gasteiger partial charge is 0.232 e. The first-order valence-electron chi connectivity index (χ1n) is 9.01. The summed E-state index contributed by atoms with van der Waals surface area (Å²) in [5, 5.41) is 0.892. The Bertz CT molecular complexity index is 909. The Morgan fingerprint density at radius 1 is 1.28 bits per heavy atom. The Balaban J connectivity index is 1.73. The predicted octanol–water partition coefficient (Wildman–Crippen LogP) is 2.64. The van der Waals surface area contributed by atoms with Gasteiger partial charge in [0.15, 0.2) is 11.0 Å². The fourth-order valence-electron chi connectivity index (χ4n) is 2.89. The first kappa shape index (κ1) is 21.5. The highest BCUT2D eigenvalue weighted by atomic mass is 35.5. The molecule has 0 bridgehead atoms. The van der Waals surface area contributed by atoms with Gasteiger partial charge in [-0.1, -0.05) is 23.4 Å². The fraction of sp³-hybridized carbons (Fsp3) is 0.421. The Hall–Kier alpha value is -2.23. The van der Waals surface area contributed by atoms with Gasteiger partial charge >= 0.3 is 0 Å². The molecule has 1 atom stereocenters. The number of pyridine rings is 1. The third-order valence-corrected chi connectivity index (χ3v) is 5.58. The van der Waals surface area contributed by atoms with Crippen LogP contribution in [0, 0.1) is 0 Å². The van der Waals surface area contributed by atoms with Gasteiger partial charge in [-0.25, -0.2) is 15.0 Å². The molecule has 3 rings (SSSR count). The summed E-state index contributed by atoms with van der Waals surface area (Å²) in [7, 11) is 1.59. The van der Waals surface area contributed by atoms with E-state index in [0.717, 1.165) is 23.3 Å². The number of methoxy groups -OCH3 is 1. The van der Waals surface area contributed by atoms with Gasteiger partial charge in [0.1, 0.15) is 17.5 Å². The predicted molar refractivity (Wildman–Crippen MR) is 113 cm³/mol. The number of nitrogens with two attached hydrogens (primary N) is 1. The molecule has 0 fully saturated rings. The highest BCUT2D eigenvalue weighted by Gasteiger charge is 2.32. The van der Waals surface area contributed by atoms with Crippen LogP contribution >= 0.6 is 23.4 Å². The van der Waals surface area contributed by atoms with Crippen molar-refractivity contribution in [2.45, 2.75) is 25.3 Å². The molecule has 154 valence electrons. The lowest BCUT2D eigenvalue weighted by Gasteiger charge is -2.30. The summed E-state index contributed by atoms with van der Waals surface area (Å²) in [5.74, 6) is 1.01. The second-order valence-corrected chi connectivity index (χ2v) is 8.16. The number of hydrogen-bond acceptors (Lipinski definition) is 9. The van der Waals surface area contributed by atoms with Crippen LogP contribution in [-0.4, -0.2) is 52.0 Å². The van der Waals surface area contributed by atoms with Crippen LogP contribution in [0.3, 0.4) is 0 Å². The molecule has 2 aromatic rings. The number of ketones is 1. The first-order valence-corrected chi connectivity index (χ1v) is 10.4. The summed E-state index contributed by atoms with van der Waals surface area (Å²) in [4.78, 5) is 29.7. The molecule has 0 unspecified atom stereocenters. The molecule has 0 aliphatic carbocycles. The lowest BCUT2D eigenvalue weighted by Crippen LogP contribution is -2.29. The van der Waals surface area contributed by atoms with Gasteiger partial charge in [-0.2, -0.15) is 0 Å². The highest BCUT2D eigenvalue weighted by Crippen LogP contribution is 2.38. The van der Waals surface area contributed by atoms with E-state index in [0.29, 0.717) is 29.4 Å². The zero-order chi connectivity index (χ0) is 20.9. The molecule has 0 aromatic carbocycles. The molecule has 0 saturated carbocycles.